The largest absolute Gasteiger partial charge is 0.494 e. The number of ether oxygens (including phenoxy) is 1. The second-order valence-electron chi connectivity index (χ2n) is 8.28. The lowest BCUT2D eigenvalue weighted by Crippen LogP contribution is -2.21. The van der Waals surface area contributed by atoms with E-state index in [1.807, 2.05) is 66.5 Å². The molecule has 1 heterocycles. The molecule has 0 amide bonds. The van der Waals surface area contributed by atoms with E-state index in [1.54, 1.807) is 25.1 Å². The van der Waals surface area contributed by atoms with Gasteiger partial charge >= 0.3 is 5.97 Å². The molecular weight excluding hydrogens is 442 g/mol. The summed E-state index contributed by atoms with van der Waals surface area (Å²) in [7, 11) is 1.96. The van der Waals surface area contributed by atoms with Gasteiger partial charge in [0.1, 0.15) is 0 Å². The Bertz CT molecular complexity index is 1330. The zero-order valence-corrected chi connectivity index (χ0v) is 19.9. The Morgan fingerprint density at radius 3 is 2.46 bits per heavy atom. The molecule has 7 nitrogen and oxygen atoms in total. The minimum absolute atomic E-state index is 0.0224. The van der Waals surface area contributed by atoms with Gasteiger partial charge in [0.2, 0.25) is 0 Å². The first kappa shape index (κ1) is 24.2. The lowest BCUT2D eigenvalue weighted by atomic mass is 10.00. The summed E-state index contributed by atoms with van der Waals surface area (Å²) in [4.78, 5) is 22.1. The van der Waals surface area contributed by atoms with E-state index in [0.717, 1.165) is 28.7 Å². The van der Waals surface area contributed by atoms with Gasteiger partial charge in [0, 0.05) is 29.6 Å². The maximum absolute atomic E-state index is 12.2. The van der Waals surface area contributed by atoms with Crippen molar-refractivity contribution in [3.8, 4) is 5.88 Å². The quantitative estimate of drug-likeness (QED) is 0.244. The summed E-state index contributed by atoms with van der Waals surface area (Å²) in [5, 5.41) is 20.8. The van der Waals surface area contributed by atoms with Crippen molar-refractivity contribution in [1.29, 1.82) is 0 Å². The van der Waals surface area contributed by atoms with Gasteiger partial charge in [-0.25, -0.2) is 9.79 Å². The molecule has 0 fully saturated rings. The highest BCUT2D eigenvalue weighted by Crippen LogP contribution is 2.32. The lowest BCUT2D eigenvalue weighted by Gasteiger charge is -2.15. The molecule has 0 radical (unpaired) electrons. The fourth-order valence-corrected chi connectivity index (χ4v) is 3.99. The van der Waals surface area contributed by atoms with Crippen LogP contribution in [0.1, 0.15) is 34.0 Å². The number of fused-ring (bicyclic) bond motifs is 1. The fourth-order valence-electron chi connectivity index (χ4n) is 3.99. The molecule has 0 unspecified atom stereocenters. The van der Waals surface area contributed by atoms with Crippen LogP contribution in [0.15, 0.2) is 77.8 Å². The maximum Gasteiger partial charge on any atom is 0.338 e. The Hall–Kier alpha value is -3.94. The smallest absolute Gasteiger partial charge is 0.338 e. The molecule has 0 atom stereocenters. The summed E-state index contributed by atoms with van der Waals surface area (Å²) < 4.78 is 5.10. The highest BCUT2D eigenvalue weighted by molar-refractivity contribution is 6.22. The van der Waals surface area contributed by atoms with Crippen molar-refractivity contribution in [2.75, 3.05) is 26.8 Å². The molecule has 0 spiro atoms. The zero-order valence-electron chi connectivity index (χ0n) is 19.9. The summed E-state index contributed by atoms with van der Waals surface area (Å²) in [5.41, 5.74) is 4.92. The summed E-state index contributed by atoms with van der Waals surface area (Å²) in [6.45, 7) is 3.50. The number of likely N-dealkylation sites (N-methyl/N-ethyl adjacent to an activating group) is 1. The molecule has 0 aliphatic carbocycles. The number of nitrogens with zero attached hydrogens (tertiary/aromatic N) is 2. The number of aliphatic hydroxyl groups excluding tert-OH is 1. The van der Waals surface area contributed by atoms with Crippen molar-refractivity contribution < 1.29 is 19.7 Å². The third kappa shape index (κ3) is 5.59. The van der Waals surface area contributed by atoms with Crippen LogP contribution in [-0.2, 0) is 11.3 Å². The predicted molar refractivity (Wildman–Crippen MR) is 138 cm³/mol. The number of carbonyl (C=O) groups is 1. The van der Waals surface area contributed by atoms with Gasteiger partial charge in [0.15, 0.2) is 5.88 Å². The highest BCUT2D eigenvalue weighted by Gasteiger charge is 2.20. The standard InChI is InChI=1S/C28H29N3O4/c1-3-35-28(34)21-11-14-23-24(17-21)30-27(33)25(23)26(20-7-5-4-6-8-20)29-22-12-9-19(10-13-22)18-31(2)15-16-32/h4-14,17,30,32-33H,3,15-16,18H2,1-2H3. The molecule has 3 N–H and O–H groups in total. The molecule has 0 aliphatic heterocycles. The van der Waals surface area contributed by atoms with E-state index in [9.17, 15) is 9.90 Å². The van der Waals surface area contributed by atoms with Gasteiger partial charge in [0.25, 0.3) is 0 Å². The van der Waals surface area contributed by atoms with Crippen molar-refractivity contribution in [2.45, 2.75) is 13.5 Å². The zero-order chi connectivity index (χ0) is 24.8. The number of aliphatic imine (C=N–C) groups is 1. The van der Waals surface area contributed by atoms with Gasteiger partial charge in [-0.1, -0.05) is 48.5 Å². The number of aromatic amines is 1. The van der Waals surface area contributed by atoms with Crippen LogP contribution < -0.4 is 0 Å². The summed E-state index contributed by atoms with van der Waals surface area (Å²) in [6.07, 6.45) is 0. The molecule has 3 aromatic carbocycles. The first-order valence-electron chi connectivity index (χ1n) is 11.5. The number of carbonyl (C=O) groups excluding carboxylic acids is 1. The van der Waals surface area contributed by atoms with Crippen LogP contribution in [0.25, 0.3) is 10.9 Å². The van der Waals surface area contributed by atoms with Crippen LogP contribution in [0.2, 0.25) is 0 Å². The second kappa shape index (κ2) is 11.0. The van der Waals surface area contributed by atoms with E-state index in [1.165, 1.54) is 0 Å². The topological polar surface area (TPSA) is 98.2 Å². The van der Waals surface area contributed by atoms with Gasteiger partial charge in [-0.15, -0.1) is 0 Å². The number of aromatic nitrogens is 1. The molecule has 35 heavy (non-hydrogen) atoms. The lowest BCUT2D eigenvalue weighted by molar-refractivity contribution is 0.0526. The molecule has 7 heteroatoms. The van der Waals surface area contributed by atoms with Gasteiger partial charge in [-0.2, -0.15) is 0 Å². The van der Waals surface area contributed by atoms with E-state index < -0.39 is 5.97 Å². The van der Waals surface area contributed by atoms with Crippen LogP contribution in [0.5, 0.6) is 5.88 Å². The molecule has 0 aliphatic rings. The Morgan fingerprint density at radius 1 is 1.03 bits per heavy atom. The third-order valence-corrected chi connectivity index (χ3v) is 5.69. The van der Waals surface area contributed by atoms with Crippen LogP contribution >= 0.6 is 0 Å². The summed E-state index contributed by atoms with van der Waals surface area (Å²) >= 11 is 0. The first-order chi connectivity index (χ1) is 17.0. The minimum Gasteiger partial charge on any atom is -0.494 e. The van der Waals surface area contributed by atoms with Gasteiger partial charge in [-0.05, 0) is 43.8 Å². The summed E-state index contributed by atoms with van der Waals surface area (Å²) in [6, 6.07) is 22.7. The number of hydrogen-bond acceptors (Lipinski definition) is 6. The number of benzene rings is 3. The number of rotatable bonds is 9. The molecule has 0 saturated heterocycles. The Morgan fingerprint density at radius 2 is 1.77 bits per heavy atom. The van der Waals surface area contributed by atoms with Crippen molar-refractivity contribution in [3.05, 3.63) is 95.1 Å². The van der Waals surface area contributed by atoms with Crippen molar-refractivity contribution in [1.82, 2.24) is 9.88 Å². The van der Waals surface area contributed by atoms with E-state index in [4.69, 9.17) is 14.8 Å². The molecule has 4 rings (SSSR count). The van der Waals surface area contributed by atoms with E-state index >= 15 is 0 Å². The number of aliphatic hydroxyl groups is 1. The highest BCUT2D eigenvalue weighted by atomic mass is 16.5. The molecule has 0 saturated carbocycles. The predicted octanol–water partition coefficient (Wildman–Crippen LogP) is 4.64. The van der Waals surface area contributed by atoms with Crippen LogP contribution in [-0.4, -0.2) is 58.6 Å². The molecular formula is C28H29N3O4. The average molecular weight is 472 g/mol. The van der Waals surface area contributed by atoms with E-state index in [2.05, 4.69) is 4.98 Å². The molecule has 1 aromatic heterocycles. The van der Waals surface area contributed by atoms with Crippen LogP contribution in [0.4, 0.5) is 5.69 Å². The first-order valence-corrected chi connectivity index (χ1v) is 11.5. The number of aromatic hydroxyl groups is 1. The molecule has 4 aromatic rings. The van der Waals surface area contributed by atoms with Gasteiger partial charge in [0.05, 0.1) is 35.7 Å². The number of H-pyrrole nitrogens is 1. The second-order valence-corrected chi connectivity index (χ2v) is 8.28. The minimum atomic E-state index is -0.410. The van der Waals surface area contributed by atoms with Crippen LogP contribution in [0, 0.1) is 0 Å². The summed E-state index contributed by atoms with van der Waals surface area (Å²) in [5.74, 6) is -0.433. The van der Waals surface area contributed by atoms with Crippen molar-refractivity contribution in [2.24, 2.45) is 4.99 Å². The average Bonchev–Trinajstić information content (AvgIpc) is 3.19. The normalized spacial score (nSPS) is 11.8. The van der Waals surface area contributed by atoms with Gasteiger partial charge in [-0.3, -0.25) is 4.90 Å². The molecule has 0 bridgehead atoms. The van der Waals surface area contributed by atoms with Crippen LogP contribution in [0.3, 0.4) is 0 Å². The SMILES string of the molecule is CCOC(=O)c1ccc2c(C(=Nc3ccc(CN(C)CCO)cc3)c3ccccc3)c(O)[nH]c2c1. The monoisotopic (exact) mass is 471 g/mol. The third-order valence-electron chi connectivity index (χ3n) is 5.69. The molecule has 180 valence electrons. The Balaban J connectivity index is 1.76. The van der Waals surface area contributed by atoms with E-state index in [-0.39, 0.29) is 12.5 Å². The number of nitrogens with one attached hydrogen (secondary N) is 1. The van der Waals surface area contributed by atoms with Gasteiger partial charge < -0.3 is 19.9 Å². The van der Waals surface area contributed by atoms with Crippen molar-refractivity contribution in [3.63, 3.8) is 0 Å². The fraction of sp³-hybridized carbons (Fsp3) is 0.214. The number of esters is 1. The Labute approximate surface area is 204 Å². The van der Waals surface area contributed by atoms with Crippen molar-refractivity contribution >= 4 is 28.3 Å². The number of hydrogen-bond donors (Lipinski definition) is 3. The maximum atomic E-state index is 12.2. The van der Waals surface area contributed by atoms with E-state index in [0.29, 0.717) is 35.5 Å². The Kier molecular flexibility index (Phi) is 7.60.